The molecule has 0 radical (unpaired) electrons. The highest BCUT2D eigenvalue weighted by Crippen LogP contribution is 2.36. The van der Waals surface area contributed by atoms with Gasteiger partial charge in [0.25, 0.3) is 0 Å². The molecule has 110 valence electrons. The van der Waals surface area contributed by atoms with Crippen LogP contribution in [-0.2, 0) is 4.74 Å². The molecule has 1 fully saturated rings. The Morgan fingerprint density at radius 2 is 2.05 bits per heavy atom. The summed E-state index contributed by atoms with van der Waals surface area (Å²) in [7, 11) is 2.17. The van der Waals surface area contributed by atoms with Crippen LogP contribution in [0.1, 0.15) is 44.8 Å². The van der Waals surface area contributed by atoms with E-state index in [9.17, 15) is 0 Å². The van der Waals surface area contributed by atoms with E-state index in [4.69, 9.17) is 4.74 Å². The second-order valence-corrected chi connectivity index (χ2v) is 5.85. The van der Waals surface area contributed by atoms with E-state index >= 15 is 0 Å². The lowest BCUT2D eigenvalue weighted by Crippen LogP contribution is -2.32. The molecule has 1 aromatic carbocycles. The van der Waals surface area contributed by atoms with Crippen molar-refractivity contribution in [2.24, 2.45) is 5.92 Å². The fourth-order valence-electron chi connectivity index (χ4n) is 3.04. The van der Waals surface area contributed by atoms with Crippen LogP contribution < -0.4 is 0 Å². The molecular formula is C18H27NO. The van der Waals surface area contributed by atoms with Gasteiger partial charge in [-0.15, -0.1) is 6.58 Å². The quantitative estimate of drug-likeness (QED) is 0.712. The third-order valence-corrected chi connectivity index (χ3v) is 4.46. The van der Waals surface area contributed by atoms with Crippen molar-refractivity contribution in [2.75, 3.05) is 7.05 Å². The summed E-state index contributed by atoms with van der Waals surface area (Å²) in [5.74, 6) is 0.550. The van der Waals surface area contributed by atoms with Crippen LogP contribution >= 0.6 is 0 Å². The summed E-state index contributed by atoms with van der Waals surface area (Å²) in [6, 6.07) is 11.0. The molecular weight excluding hydrogens is 246 g/mol. The van der Waals surface area contributed by atoms with Gasteiger partial charge < -0.3 is 4.74 Å². The Morgan fingerprint density at radius 3 is 2.65 bits per heavy atom. The number of allylic oxidation sites excluding steroid dienone is 1. The maximum Gasteiger partial charge on any atom is 0.112 e. The van der Waals surface area contributed by atoms with Crippen molar-refractivity contribution in [3.63, 3.8) is 0 Å². The first kappa shape index (κ1) is 15.3. The third-order valence-electron chi connectivity index (χ3n) is 4.46. The van der Waals surface area contributed by atoms with Crippen molar-refractivity contribution in [2.45, 2.75) is 51.5 Å². The average Bonchev–Trinajstić information content (AvgIpc) is 2.76. The van der Waals surface area contributed by atoms with Gasteiger partial charge in [0.1, 0.15) is 6.23 Å². The van der Waals surface area contributed by atoms with Crippen molar-refractivity contribution in [1.29, 1.82) is 0 Å². The summed E-state index contributed by atoms with van der Waals surface area (Å²) in [5, 5.41) is 0. The molecule has 0 unspecified atom stereocenters. The van der Waals surface area contributed by atoms with E-state index in [1.54, 1.807) is 0 Å². The topological polar surface area (TPSA) is 12.5 Å². The van der Waals surface area contributed by atoms with Crippen molar-refractivity contribution >= 4 is 0 Å². The zero-order chi connectivity index (χ0) is 14.5. The van der Waals surface area contributed by atoms with Crippen LogP contribution in [0.15, 0.2) is 43.0 Å². The van der Waals surface area contributed by atoms with E-state index < -0.39 is 0 Å². The minimum absolute atomic E-state index is 0.179. The molecule has 0 saturated carbocycles. The number of likely N-dealkylation sites (N-methyl/N-ethyl adjacent to an activating group) is 1. The van der Waals surface area contributed by atoms with E-state index in [0.717, 1.165) is 6.42 Å². The maximum atomic E-state index is 6.33. The van der Waals surface area contributed by atoms with Gasteiger partial charge in [-0.3, -0.25) is 4.90 Å². The van der Waals surface area contributed by atoms with E-state index in [1.165, 1.54) is 18.4 Å². The normalized spacial score (nSPS) is 28.4. The first-order valence-electron chi connectivity index (χ1n) is 7.72. The standard InChI is InChI=1S/C18H27NO/c1-5-10-15(6-2)13-17-19(4)14(3)18(20-17)16-11-8-7-9-12-16/h6-9,11-12,14-15,17-18H,2,5,10,13H2,1,3-4H3/t14-,15-,17-,18-/m0/s1. The van der Waals surface area contributed by atoms with Crippen molar-refractivity contribution in [1.82, 2.24) is 4.90 Å². The Bertz CT molecular complexity index is 417. The van der Waals surface area contributed by atoms with Gasteiger partial charge in [-0.2, -0.15) is 0 Å². The highest BCUT2D eigenvalue weighted by molar-refractivity contribution is 5.20. The summed E-state index contributed by atoms with van der Waals surface area (Å²) in [4.78, 5) is 2.36. The molecule has 1 saturated heterocycles. The van der Waals surface area contributed by atoms with Crippen LogP contribution in [0.5, 0.6) is 0 Å². The second kappa shape index (κ2) is 7.05. The molecule has 4 atom stereocenters. The molecule has 1 aromatic rings. The predicted molar refractivity (Wildman–Crippen MR) is 84.5 cm³/mol. The Labute approximate surface area is 123 Å². The zero-order valence-corrected chi connectivity index (χ0v) is 13.0. The molecule has 0 amide bonds. The third kappa shape index (κ3) is 3.31. The maximum absolute atomic E-state index is 6.33. The lowest BCUT2D eigenvalue weighted by atomic mass is 9.99. The molecule has 1 aliphatic rings. The summed E-state index contributed by atoms with van der Waals surface area (Å²) in [5.41, 5.74) is 1.28. The number of ether oxygens (including phenoxy) is 1. The molecule has 2 rings (SSSR count). The second-order valence-electron chi connectivity index (χ2n) is 5.85. The molecule has 0 N–H and O–H groups in total. The lowest BCUT2D eigenvalue weighted by Gasteiger charge is -2.24. The molecule has 20 heavy (non-hydrogen) atoms. The number of hydrogen-bond acceptors (Lipinski definition) is 2. The van der Waals surface area contributed by atoms with Crippen LogP contribution in [0.3, 0.4) is 0 Å². The van der Waals surface area contributed by atoms with Crippen molar-refractivity contribution in [3.8, 4) is 0 Å². The van der Waals surface area contributed by atoms with E-state index in [1.807, 2.05) is 0 Å². The van der Waals surface area contributed by atoms with Crippen molar-refractivity contribution in [3.05, 3.63) is 48.6 Å². The summed E-state index contributed by atoms with van der Waals surface area (Å²) in [6.07, 6.45) is 5.90. The van der Waals surface area contributed by atoms with Gasteiger partial charge in [0.15, 0.2) is 0 Å². The summed E-state index contributed by atoms with van der Waals surface area (Å²) < 4.78 is 6.33. The van der Waals surface area contributed by atoms with Crippen LogP contribution in [-0.4, -0.2) is 24.2 Å². The van der Waals surface area contributed by atoms with E-state index in [0.29, 0.717) is 12.0 Å². The monoisotopic (exact) mass is 273 g/mol. The molecule has 0 aliphatic carbocycles. The molecule has 2 nitrogen and oxygen atoms in total. The Balaban J connectivity index is 2.05. The van der Waals surface area contributed by atoms with Gasteiger partial charge in [0.05, 0.1) is 6.10 Å². The smallest absolute Gasteiger partial charge is 0.112 e. The highest BCUT2D eigenvalue weighted by atomic mass is 16.5. The largest absolute Gasteiger partial charge is 0.354 e. The minimum Gasteiger partial charge on any atom is -0.354 e. The number of benzene rings is 1. The average molecular weight is 273 g/mol. The van der Waals surface area contributed by atoms with Crippen LogP contribution in [0.2, 0.25) is 0 Å². The SMILES string of the molecule is C=C[C@@H](CCC)C[C@@H]1O[C@H](c2ccccc2)[C@H](C)N1C. The summed E-state index contributed by atoms with van der Waals surface area (Å²) in [6.45, 7) is 8.45. The Morgan fingerprint density at radius 1 is 1.35 bits per heavy atom. The first-order chi connectivity index (χ1) is 9.67. The van der Waals surface area contributed by atoms with Crippen LogP contribution in [0, 0.1) is 5.92 Å². The molecule has 0 aromatic heterocycles. The van der Waals surface area contributed by atoms with Gasteiger partial charge in [0.2, 0.25) is 0 Å². The highest BCUT2D eigenvalue weighted by Gasteiger charge is 2.38. The van der Waals surface area contributed by atoms with Gasteiger partial charge in [-0.1, -0.05) is 49.8 Å². The Hall–Kier alpha value is -1.12. The number of hydrogen-bond donors (Lipinski definition) is 0. The predicted octanol–water partition coefficient (Wildman–Crippen LogP) is 4.40. The van der Waals surface area contributed by atoms with Crippen LogP contribution in [0.4, 0.5) is 0 Å². The van der Waals surface area contributed by atoms with E-state index in [2.05, 4.69) is 68.8 Å². The van der Waals surface area contributed by atoms with Gasteiger partial charge in [-0.25, -0.2) is 0 Å². The van der Waals surface area contributed by atoms with Crippen LogP contribution in [0.25, 0.3) is 0 Å². The molecule has 1 heterocycles. The number of rotatable bonds is 6. The Kier molecular flexibility index (Phi) is 5.38. The first-order valence-corrected chi connectivity index (χ1v) is 7.72. The zero-order valence-electron chi connectivity index (χ0n) is 13.0. The molecule has 0 bridgehead atoms. The summed E-state index contributed by atoms with van der Waals surface area (Å²) >= 11 is 0. The van der Waals surface area contributed by atoms with Gasteiger partial charge in [-0.05, 0) is 38.3 Å². The minimum atomic E-state index is 0.179. The molecule has 1 aliphatic heterocycles. The van der Waals surface area contributed by atoms with E-state index in [-0.39, 0.29) is 12.3 Å². The fraction of sp³-hybridized carbons (Fsp3) is 0.556. The molecule has 0 spiro atoms. The van der Waals surface area contributed by atoms with Crippen molar-refractivity contribution < 1.29 is 4.74 Å². The van der Waals surface area contributed by atoms with Gasteiger partial charge in [0, 0.05) is 6.04 Å². The molecule has 2 heteroatoms. The fourth-order valence-corrected chi connectivity index (χ4v) is 3.04. The van der Waals surface area contributed by atoms with Gasteiger partial charge >= 0.3 is 0 Å². The lowest BCUT2D eigenvalue weighted by molar-refractivity contribution is -0.00564. The number of nitrogens with zero attached hydrogens (tertiary/aromatic N) is 1.